The summed E-state index contributed by atoms with van der Waals surface area (Å²) in [6.45, 7) is 3.38. The monoisotopic (exact) mass is 307 g/mol. The molecule has 1 saturated heterocycles. The number of hydrogen-bond acceptors (Lipinski definition) is 3. The predicted molar refractivity (Wildman–Crippen MR) is 94.0 cm³/mol. The number of rotatable bonds is 6. The summed E-state index contributed by atoms with van der Waals surface area (Å²) in [5.41, 5.74) is 9.99. The van der Waals surface area contributed by atoms with E-state index in [2.05, 4.69) is 76.4 Å². The smallest absolute Gasteiger partial charge is 0.0352 e. The molecule has 0 bridgehead atoms. The van der Waals surface area contributed by atoms with Crippen LogP contribution in [0.5, 0.6) is 0 Å². The molecule has 4 rings (SSSR count). The largest absolute Gasteiger partial charge is 0.297 e. The van der Waals surface area contributed by atoms with Crippen molar-refractivity contribution in [2.24, 2.45) is 0 Å². The first-order valence-electron chi connectivity index (χ1n) is 8.71. The fourth-order valence-corrected chi connectivity index (χ4v) is 3.58. The van der Waals surface area contributed by atoms with Crippen LogP contribution in [0, 0.1) is 0 Å². The van der Waals surface area contributed by atoms with Crippen LogP contribution in [0.25, 0.3) is 0 Å². The van der Waals surface area contributed by atoms with Gasteiger partial charge in [-0.15, -0.1) is 0 Å². The van der Waals surface area contributed by atoms with Gasteiger partial charge in [0, 0.05) is 37.6 Å². The van der Waals surface area contributed by atoms with Crippen LogP contribution in [0.15, 0.2) is 60.7 Å². The number of hydrogen-bond donors (Lipinski definition) is 2. The van der Waals surface area contributed by atoms with Gasteiger partial charge in [0.15, 0.2) is 0 Å². The molecule has 2 aromatic carbocycles. The van der Waals surface area contributed by atoms with Gasteiger partial charge in [0.2, 0.25) is 0 Å². The molecule has 0 amide bonds. The van der Waals surface area contributed by atoms with E-state index in [1.165, 1.54) is 30.5 Å². The molecule has 1 heterocycles. The summed E-state index contributed by atoms with van der Waals surface area (Å²) in [4.78, 5) is 2.54. The third-order valence-corrected chi connectivity index (χ3v) is 5.01. The SMILES string of the molecule is c1ccc(CN2CCC(NN[C@@H]3C[C@H]3c3ccccc3)C2)cc1. The molecule has 3 heteroatoms. The minimum absolute atomic E-state index is 0.565. The molecule has 0 radical (unpaired) electrons. The Labute approximate surface area is 138 Å². The van der Waals surface area contributed by atoms with Crippen molar-refractivity contribution < 1.29 is 0 Å². The van der Waals surface area contributed by atoms with Crippen LogP contribution in [0.2, 0.25) is 0 Å². The predicted octanol–water partition coefficient (Wildman–Crippen LogP) is 2.91. The Morgan fingerprint density at radius 3 is 2.43 bits per heavy atom. The first-order chi connectivity index (χ1) is 11.4. The van der Waals surface area contributed by atoms with E-state index in [1.807, 2.05) is 0 Å². The van der Waals surface area contributed by atoms with Crippen molar-refractivity contribution in [3.8, 4) is 0 Å². The lowest BCUT2D eigenvalue weighted by Crippen LogP contribution is -2.43. The molecule has 1 unspecified atom stereocenters. The van der Waals surface area contributed by atoms with Crippen LogP contribution in [-0.2, 0) is 6.54 Å². The van der Waals surface area contributed by atoms with Crippen molar-refractivity contribution in [2.75, 3.05) is 13.1 Å². The van der Waals surface area contributed by atoms with E-state index in [0.717, 1.165) is 13.1 Å². The van der Waals surface area contributed by atoms with Crippen LogP contribution in [0.4, 0.5) is 0 Å². The van der Waals surface area contributed by atoms with Crippen molar-refractivity contribution in [3.63, 3.8) is 0 Å². The molecule has 0 aromatic heterocycles. The molecule has 1 aliphatic heterocycles. The van der Waals surface area contributed by atoms with Gasteiger partial charge in [-0.2, -0.15) is 0 Å². The van der Waals surface area contributed by atoms with E-state index in [9.17, 15) is 0 Å². The van der Waals surface area contributed by atoms with Crippen molar-refractivity contribution >= 4 is 0 Å². The molecule has 2 aromatic rings. The maximum Gasteiger partial charge on any atom is 0.0352 e. The first kappa shape index (κ1) is 14.9. The fourth-order valence-electron chi connectivity index (χ4n) is 3.58. The number of nitrogens with zero attached hydrogens (tertiary/aromatic N) is 1. The van der Waals surface area contributed by atoms with Gasteiger partial charge in [-0.25, -0.2) is 0 Å². The summed E-state index contributed by atoms with van der Waals surface area (Å²) in [6, 6.07) is 22.8. The Hall–Kier alpha value is -1.68. The summed E-state index contributed by atoms with van der Waals surface area (Å²) in [7, 11) is 0. The summed E-state index contributed by atoms with van der Waals surface area (Å²) < 4.78 is 0. The van der Waals surface area contributed by atoms with Gasteiger partial charge in [-0.3, -0.25) is 15.8 Å². The molecule has 2 fully saturated rings. The third kappa shape index (κ3) is 3.81. The summed E-state index contributed by atoms with van der Waals surface area (Å²) in [5.74, 6) is 0.686. The Morgan fingerprint density at radius 1 is 0.913 bits per heavy atom. The average molecular weight is 307 g/mol. The molecule has 23 heavy (non-hydrogen) atoms. The zero-order valence-corrected chi connectivity index (χ0v) is 13.5. The van der Waals surface area contributed by atoms with Gasteiger partial charge >= 0.3 is 0 Å². The number of likely N-dealkylation sites (tertiary alicyclic amines) is 1. The van der Waals surface area contributed by atoms with Crippen LogP contribution < -0.4 is 10.9 Å². The highest BCUT2D eigenvalue weighted by Gasteiger charge is 2.38. The van der Waals surface area contributed by atoms with Crippen molar-refractivity contribution in [2.45, 2.75) is 37.4 Å². The molecule has 120 valence electrons. The second-order valence-corrected chi connectivity index (χ2v) is 6.85. The van der Waals surface area contributed by atoms with E-state index in [1.54, 1.807) is 0 Å². The van der Waals surface area contributed by atoms with Gasteiger partial charge in [0.05, 0.1) is 0 Å². The van der Waals surface area contributed by atoms with E-state index in [0.29, 0.717) is 18.0 Å². The van der Waals surface area contributed by atoms with Crippen molar-refractivity contribution in [1.29, 1.82) is 0 Å². The quantitative estimate of drug-likeness (QED) is 0.804. The average Bonchev–Trinajstić information content (AvgIpc) is 3.26. The highest BCUT2D eigenvalue weighted by atomic mass is 15.4. The van der Waals surface area contributed by atoms with Gasteiger partial charge in [0.1, 0.15) is 0 Å². The Kier molecular flexibility index (Phi) is 4.42. The lowest BCUT2D eigenvalue weighted by molar-refractivity contribution is 0.313. The van der Waals surface area contributed by atoms with E-state index in [-0.39, 0.29) is 0 Å². The molecule has 3 nitrogen and oxygen atoms in total. The van der Waals surface area contributed by atoms with Gasteiger partial charge in [-0.1, -0.05) is 60.7 Å². The van der Waals surface area contributed by atoms with E-state index < -0.39 is 0 Å². The van der Waals surface area contributed by atoms with Gasteiger partial charge in [0.25, 0.3) is 0 Å². The summed E-state index contributed by atoms with van der Waals surface area (Å²) >= 11 is 0. The van der Waals surface area contributed by atoms with Crippen LogP contribution >= 0.6 is 0 Å². The van der Waals surface area contributed by atoms with Crippen LogP contribution in [0.3, 0.4) is 0 Å². The van der Waals surface area contributed by atoms with Crippen LogP contribution in [0.1, 0.15) is 29.9 Å². The topological polar surface area (TPSA) is 27.3 Å². The van der Waals surface area contributed by atoms with Gasteiger partial charge in [-0.05, 0) is 24.0 Å². The molecule has 0 spiro atoms. The molecular weight excluding hydrogens is 282 g/mol. The highest BCUT2D eigenvalue weighted by Crippen LogP contribution is 2.40. The lowest BCUT2D eigenvalue weighted by Gasteiger charge is -2.17. The van der Waals surface area contributed by atoms with Crippen molar-refractivity contribution in [3.05, 3.63) is 71.8 Å². The fraction of sp³-hybridized carbons (Fsp3) is 0.400. The minimum Gasteiger partial charge on any atom is -0.297 e. The second kappa shape index (κ2) is 6.83. The summed E-state index contributed by atoms with van der Waals surface area (Å²) in [6.07, 6.45) is 2.47. The molecule has 3 atom stereocenters. The Morgan fingerprint density at radius 2 is 1.65 bits per heavy atom. The summed E-state index contributed by atoms with van der Waals surface area (Å²) in [5, 5.41) is 0. The third-order valence-electron chi connectivity index (χ3n) is 5.01. The lowest BCUT2D eigenvalue weighted by atomic mass is 10.1. The standard InChI is InChI=1S/C20H25N3/c1-3-7-16(8-4-1)14-23-12-11-18(15-23)21-22-20-13-19(20)17-9-5-2-6-10-17/h1-10,18-22H,11-15H2/t18?,19-,20+/m0/s1. The molecule has 1 aliphatic carbocycles. The minimum atomic E-state index is 0.565. The normalized spacial score (nSPS) is 27.2. The number of nitrogens with one attached hydrogen (secondary N) is 2. The van der Waals surface area contributed by atoms with E-state index in [4.69, 9.17) is 0 Å². The number of benzene rings is 2. The maximum absolute atomic E-state index is 3.57. The van der Waals surface area contributed by atoms with Crippen molar-refractivity contribution in [1.82, 2.24) is 15.8 Å². The zero-order valence-electron chi connectivity index (χ0n) is 13.5. The second-order valence-electron chi connectivity index (χ2n) is 6.85. The molecule has 2 aliphatic rings. The first-order valence-corrected chi connectivity index (χ1v) is 8.71. The zero-order chi connectivity index (χ0) is 15.5. The number of hydrazine groups is 1. The Balaban J connectivity index is 1.20. The highest BCUT2D eigenvalue weighted by molar-refractivity contribution is 5.27. The molecule has 1 saturated carbocycles. The maximum atomic E-state index is 3.57. The van der Waals surface area contributed by atoms with E-state index >= 15 is 0 Å². The van der Waals surface area contributed by atoms with Crippen LogP contribution in [-0.4, -0.2) is 30.1 Å². The Bertz CT molecular complexity index is 613. The molecule has 2 N–H and O–H groups in total. The molecular formula is C20H25N3. The van der Waals surface area contributed by atoms with Gasteiger partial charge < -0.3 is 0 Å².